The lowest BCUT2D eigenvalue weighted by atomic mass is 9.73. The molecule has 26 heavy (non-hydrogen) atoms. The molecule has 6 N–H and O–H groups in total. The van der Waals surface area contributed by atoms with E-state index in [1.807, 2.05) is 27.7 Å². The Hall–Kier alpha value is -2.36. The molecule has 4 nitrogen and oxygen atoms in total. The number of nitrogens with two attached hydrogens (primary N) is 2. The quantitative estimate of drug-likeness (QED) is 0.454. The number of hydrogen-bond acceptors (Lipinski definition) is 4. The molecule has 0 saturated heterocycles. The van der Waals surface area contributed by atoms with Crippen LogP contribution in [0.15, 0.2) is 12.1 Å². The average Bonchev–Trinajstić information content (AvgIpc) is 2.64. The minimum Gasteiger partial charge on any atom is -0.506 e. The molecular weight excluding hydrogens is 324 g/mol. The average molecular weight is 354 g/mol. The summed E-state index contributed by atoms with van der Waals surface area (Å²) in [6.45, 7) is 7.82. The Bertz CT molecular complexity index is 779. The molecule has 2 aromatic carbocycles. The number of phenols is 2. The molecule has 0 radical (unpaired) electrons. The minimum absolute atomic E-state index is 0.214. The number of benzene rings is 2. The maximum absolute atomic E-state index is 10.0. The monoisotopic (exact) mass is 354 g/mol. The molecule has 1 aliphatic rings. The first-order chi connectivity index (χ1) is 12.2. The third-order valence-corrected chi connectivity index (χ3v) is 6.28. The van der Waals surface area contributed by atoms with Gasteiger partial charge in [-0.15, -0.1) is 0 Å². The van der Waals surface area contributed by atoms with Crippen molar-refractivity contribution in [3.05, 3.63) is 45.5 Å². The fourth-order valence-electron chi connectivity index (χ4n) is 4.47. The molecule has 0 spiro atoms. The van der Waals surface area contributed by atoms with Gasteiger partial charge < -0.3 is 21.7 Å². The van der Waals surface area contributed by atoms with Gasteiger partial charge in [-0.3, -0.25) is 0 Å². The zero-order valence-electron chi connectivity index (χ0n) is 16.2. The molecule has 4 heteroatoms. The van der Waals surface area contributed by atoms with Gasteiger partial charge in [-0.25, -0.2) is 0 Å². The molecule has 0 unspecified atom stereocenters. The number of rotatable bonds is 2. The van der Waals surface area contributed by atoms with E-state index in [0.717, 1.165) is 47.9 Å². The number of phenolic OH excluding ortho intramolecular Hbond substituents is 2. The predicted molar refractivity (Wildman–Crippen MR) is 108 cm³/mol. The Labute approximate surface area is 155 Å². The number of aryl methyl sites for hydroxylation is 2. The van der Waals surface area contributed by atoms with Crippen molar-refractivity contribution >= 4 is 11.4 Å². The molecule has 1 saturated carbocycles. The van der Waals surface area contributed by atoms with Crippen molar-refractivity contribution < 1.29 is 10.2 Å². The Morgan fingerprint density at radius 3 is 1.31 bits per heavy atom. The van der Waals surface area contributed by atoms with Crippen molar-refractivity contribution in [2.75, 3.05) is 11.5 Å². The molecule has 0 bridgehead atoms. The normalized spacial score (nSPS) is 20.3. The van der Waals surface area contributed by atoms with Gasteiger partial charge in [-0.2, -0.15) is 0 Å². The summed E-state index contributed by atoms with van der Waals surface area (Å²) < 4.78 is 0. The molecule has 140 valence electrons. The highest BCUT2D eigenvalue weighted by molar-refractivity contribution is 5.65. The van der Waals surface area contributed by atoms with Gasteiger partial charge in [0.25, 0.3) is 0 Å². The Kier molecular flexibility index (Phi) is 4.78. The highest BCUT2D eigenvalue weighted by Crippen LogP contribution is 2.46. The summed E-state index contributed by atoms with van der Waals surface area (Å²) >= 11 is 0. The second-order valence-corrected chi connectivity index (χ2v) is 7.89. The number of anilines is 2. The molecule has 1 aliphatic carbocycles. The maximum Gasteiger partial charge on any atom is 0.141 e. The second kappa shape index (κ2) is 6.75. The van der Waals surface area contributed by atoms with Gasteiger partial charge in [0.1, 0.15) is 11.5 Å². The summed E-state index contributed by atoms with van der Waals surface area (Å²) in [6.07, 6.45) is 4.37. The Morgan fingerprint density at radius 1 is 0.692 bits per heavy atom. The molecule has 0 aliphatic heterocycles. The molecular formula is C22H30N2O2. The van der Waals surface area contributed by atoms with Crippen molar-refractivity contribution in [2.24, 2.45) is 0 Å². The zero-order chi connectivity index (χ0) is 19.2. The van der Waals surface area contributed by atoms with Crippen LogP contribution in [-0.4, -0.2) is 10.2 Å². The highest BCUT2D eigenvalue weighted by atomic mass is 16.3. The number of nitrogen functional groups attached to an aromatic ring is 2. The van der Waals surface area contributed by atoms with Crippen molar-refractivity contribution in [2.45, 2.75) is 65.2 Å². The van der Waals surface area contributed by atoms with Gasteiger partial charge in [-0.1, -0.05) is 12.1 Å². The van der Waals surface area contributed by atoms with Crippen LogP contribution in [-0.2, 0) is 0 Å². The molecule has 3 rings (SSSR count). The van der Waals surface area contributed by atoms with Crippen LogP contribution in [0, 0.1) is 27.7 Å². The zero-order valence-corrected chi connectivity index (χ0v) is 16.2. The van der Waals surface area contributed by atoms with Gasteiger partial charge >= 0.3 is 0 Å². The third-order valence-electron chi connectivity index (χ3n) is 6.28. The maximum atomic E-state index is 10.0. The predicted octanol–water partition coefficient (Wildman–Crippen LogP) is 4.94. The first kappa shape index (κ1) is 18.4. The van der Waals surface area contributed by atoms with Crippen LogP contribution >= 0.6 is 0 Å². The molecule has 0 amide bonds. The van der Waals surface area contributed by atoms with Gasteiger partial charge in [0.05, 0.1) is 11.4 Å². The summed E-state index contributed by atoms with van der Waals surface area (Å²) in [4.78, 5) is 0. The van der Waals surface area contributed by atoms with Crippen molar-refractivity contribution in [3.8, 4) is 11.5 Å². The summed E-state index contributed by atoms with van der Waals surface area (Å²) in [5.74, 6) is 1.38. The molecule has 2 aromatic rings. The molecule has 0 atom stereocenters. The van der Waals surface area contributed by atoms with Crippen molar-refractivity contribution in [1.29, 1.82) is 0 Å². The van der Waals surface area contributed by atoms with E-state index in [0.29, 0.717) is 23.2 Å². The SMILES string of the molecule is Cc1cc(C2CCC(c3cc(C)c(O)c(N)c3C)CC2)c(C)c(N)c1O. The van der Waals surface area contributed by atoms with Crippen LogP contribution < -0.4 is 11.5 Å². The highest BCUT2D eigenvalue weighted by Gasteiger charge is 2.27. The third kappa shape index (κ3) is 2.98. The van der Waals surface area contributed by atoms with Gasteiger partial charge in [0.15, 0.2) is 0 Å². The second-order valence-electron chi connectivity index (χ2n) is 7.89. The standard InChI is InChI=1S/C22H30N2O2/c1-11-9-17(13(3)19(23)21(11)25)15-5-7-16(8-6-15)18-10-12(2)22(26)20(24)14(18)4/h9-10,15-16,25-26H,5-8,23-24H2,1-4H3. The van der Waals surface area contributed by atoms with Crippen LogP contribution in [0.5, 0.6) is 11.5 Å². The van der Waals surface area contributed by atoms with E-state index in [2.05, 4.69) is 12.1 Å². The molecule has 1 fully saturated rings. The lowest BCUT2D eigenvalue weighted by molar-refractivity contribution is 0.393. The summed E-state index contributed by atoms with van der Waals surface area (Å²) in [6, 6.07) is 4.19. The lowest BCUT2D eigenvalue weighted by Gasteiger charge is -2.32. The summed E-state index contributed by atoms with van der Waals surface area (Å²) in [7, 11) is 0. The van der Waals surface area contributed by atoms with E-state index in [1.54, 1.807) is 0 Å². The van der Waals surface area contributed by atoms with Crippen LogP contribution in [0.4, 0.5) is 11.4 Å². The van der Waals surface area contributed by atoms with E-state index < -0.39 is 0 Å². The van der Waals surface area contributed by atoms with E-state index >= 15 is 0 Å². The van der Waals surface area contributed by atoms with Crippen LogP contribution in [0.2, 0.25) is 0 Å². The van der Waals surface area contributed by atoms with Gasteiger partial charge in [0.2, 0.25) is 0 Å². The smallest absolute Gasteiger partial charge is 0.141 e. The van der Waals surface area contributed by atoms with E-state index in [4.69, 9.17) is 11.5 Å². The van der Waals surface area contributed by atoms with E-state index in [9.17, 15) is 10.2 Å². The van der Waals surface area contributed by atoms with Gasteiger partial charge in [-0.05, 0) is 98.6 Å². The lowest BCUT2D eigenvalue weighted by Crippen LogP contribution is -2.15. The Balaban J connectivity index is 1.83. The first-order valence-electron chi connectivity index (χ1n) is 9.39. The largest absolute Gasteiger partial charge is 0.506 e. The molecule has 0 aromatic heterocycles. The van der Waals surface area contributed by atoms with E-state index in [1.165, 1.54) is 11.1 Å². The fourth-order valence-corrected chi connectivity index (χ4v) is 4.47. The summed E-state index contributed by atoms with van der Waals surface area (Å²) in [5.41, 5.74) is 19.5. The number of aromatic hydroxyl groups is 2. The van der Waals surface area contributed by atoms with Crippen LogP contribution in [0.1, 0.15) is 70.9 Å². The fraction of sp³-hybridized carbons (Fsp3) is 0.455. The number of hydrogen-bond donors (Lipinski definition) is 4. The van der Waals surface area contributed by atoms with Crippen molar-refractivity contribution in [1.82, 2.24) is 0 Å². The van der Waals surface area contributed by atoms with Crippen LogP contribution in [0.25, 0.3) is 0 Å². The minimum atomic E-state index is 0.214. The van der Waals surface area contributed by atoms with E-state index in [-0.39, 0.29) is 11.5 Å². The summed E-state index contributed by atoms with van der Waals surface area (Å²) in [5, 5.41) is 20.1. The van der Waals surface area contributed by atoms with Crippen LogP contribution in [0.3, 0.4) is 0 Å². The van der Waals surface area contributed by atoms with Crippen molar-refractivity contribution in [3.63, 3.8) is 0 Å². The molecule has 0 heterocycles. The first-order valence-corrected chi connectivity index (χ1v) is 9.39. The Morgan fingerprint density at radius 2 is 1.00 bits per heavy atom. The van der Waals surface area contributed by atoms with Gasteiger partial charge in [0, 0.05) is 0 Å². The topological polar surface area (TPSA) is 92.5 Å².